The zero-order chi connectivity index (χ0) is 15.2. The van der Waals surface area contributed by atoms with E-state index in [4.69, 9.17) is 4.74 Å². The number of rotatable bonds is 6. The molecule has 0 amide bonds. The van der Waals surface area contributed by atoms with Gasteiger partial charge in [-0.25, -0.2) is 0 Å². The highest BCUT2D eigenvalue weighted by Crippen LogP contribution is 2.36. The topological polar surface area (TPSA) is 93.2 Å². The van der Waals surface area contributed by atoms with Crippen molar-refractivity contribution in [3.05, 3.63) is 46.0 Å². The average molecular weight is 276 g/mol. The predicted octanol–water partition coefficient (Wildman–Crippen LogP) is 2.14. The van der Waals surface area contributed by atoms with Crippen molar-refractivity contribution in [3.8, 4) is 6.07 Å². The molecular weight excluding hydrogens is 260 g/mol. The molecule has 0 heterocycles. The minimum absolute atomic E-state index is 0.121. The molecule has 0 aliphatic heterocycles. The molecule has 0 radical (unpaired) electrons. The molecule has 2 unspecified atom stereocenters. The number of nitrogens with zero attached hydrogens (tertiary/aromatic N) is 2. The third-order valence-corrected chi connectivity index (χ3v) is 3.16. The fraction of sp³-hybridized carbons (Fsp3) is 0.429. The second kappa shape index (κ2) is 6.66. The number of benzene rings is 1. The summed E-state index contributed by atoms with van der Waals surface area (Å²) in [6.45, 7) is 2.62. The van der Waals surface area contributed by atoms with Crippen molar-refractivity contribution in [3.63, 3.8) is 0 Å². The fourth-order valence-corrected chi connectivity index (χ4v) is 2.00. The van der Waals surface area contributed by atoms with E-state index in [0.717, 1.165) is 0 Å². The molecule has 0 saturated carbocycles. The van der Waals surface area contributed by atoms with Crippen LogP contribution in [0.2, 0.25) is 0 Å². The highest BCUT2D eigenvalue weighted by Gasteiger charge is 2.46. The highest BCUT2D eigenvalue weighted by atomic mass is 16.6. The monoisotopic (exact) mass is 276 g/mol. The standard InChI is InChI=1S/C14H16N2O4/c1-3-20-13(17)14(2,10-15)12(9-16(18)19)11-7-5-4-6-8-11/h4-8,12H,3,9H2,1-2H3. The maximum absolute atomic E-state index is 12.0. The zero-order valence-corrected chi connectivity index (χ0v) is 11.4. The average Bonchev–Trinajstić information content (AvgIpc) is 2.45. The van der Waals surface area contributed by atoms with Crippen LogP contribution in [0.3, 0.4) is 0 Å². The lowest BCUT2D eigenvalue weighted by Gasteiger charge is -2.27. The Morgan fingerprint density at radius 1 is 1.50 bits per heavy atom. The molecule has 0 saturated heterocycles. The molecule has 1 aromatic carbocycles. The molecule has 0 bridgehead atoms. The van der Waals surface area contributed by atoms with Gasteiger partial charge in [0.2, 0.25) is 6.54 Å². The number of hydrogen-bond donors (Lipinski definition) is 0. The van der Waals surface area contributed by atoms with Gasteiger partial charge in [0.15, 0.2) is 5.41 Å². The summed E-state index contributed by atoms with van der Waals surface area (Å²) in [5.74, 6) is -1.60. The number of nitro groups is 1. The van der Waals surface area contributed by atoms with Gasteiger partial charge in [-0.2, -0.15) is 5.26 Å². The number of ether oxygens (including phenoxy) is 1. The largest absolute Gasteiger partial charge is 0.465 e. The van der Waals surface area contributed by atoms with Crippen LogP contribution in [0.25, 0.3) is 0 Å². The summed E-state index contributed by atoms with van der Waals surface area (Å²) >= 11 is 0. The molecule has 6 nitrogen and oxygen atoms in total. The molecule has 2 atom stereocenters. The third kappa shape index (κ3) is 3.32. The van der Waals surface area contributed by atoms with Crippen molar-refractivity contribution in [2.24, 2.45) is 5.41 Å². The van der Waals surface area contributed by atoms with E-state index in [1.54, 1.807) is 37.3 Å². The van der Waals surface area contributed by atoms with E-state index >= 15 is 0 Å². The lowest BCUT2D eigenvalue weighted by Crippen LogP contribution is -2.38. The number of carbonyl (C=O) groups is 1. The van der Waals surface area contributed by atoms with E-state index in [-0.39, 0.29) is 6.61 Å². The second-order valence-corrected chi connectivity index (χ2v) is 4.51. The van der Waals surface area contributed by atoms with Crippen molar-refractivity contribution < 1.29 is 14.5 Å². The fourth-order valence-electron chi connectivity index (χ4n) is 2.00. The van der Waals surface area contributed by atoms with Crippen LogP contribution in [0.1, 0.15) is 25.3 Å². The summed E-state index contributed by atoms with van der Waals surface area (Å²) in [6.07, 6.45) is 0. The van der Waals surface area contributed by atoms with Crippen molar-refractivity contribution in [1.29, 1.82) is 5.26 Å². The van der Waals surface area contributed by atoms with E-state index in [1.807, 2.05) is 6.07 Å². The first kappa shape index (κ1) is 15.6. The Hall–Kier alpha value is -2.42. The van der Waals surface area contributed by atoms with Gasteiger partial charge in [0.1, 0.15) is 0 Å². The minimum Gasteiger partial charge on any atom is -0.465 e. The van der Waals surface area contributed by atoms with Crippen LogP contribution < -0.4 is 0 Å². The smallest absolute Gasteiger partial charge is 0.327 e. The van der Waals surface area contributed by atoms with Crippen molar-refractivity contribution in [2.45, 2.75) is 19.8 Å². The minimum atomic E-state index is -1.59. The van der Waals surface area contributed by atoms with Crippen LogP contribution in [0.4, 0.5) is 0 Å². The first-order valence-corrected chi connectivity index (χ1v) is 6.21. The van der Waals surface area contributed by atoms with E-state index in [1.165, 1.54) is 6.92 Å². The Bertz CT molecular complexity index is 524. The Balaban J connectivity index is 3.24. The van der Waals surface area contributed by atoms with Crippen molar-refractivity contribution in [1.82, 2.24) is 0 Å². The SMILES string of the molecule is CCOC(=O)C(C)(C#N)C(C[N+](=O)[O-])c1ccccc1. The molecule has 0 fully saturated rings. The van der Waals surface area contributed by atoms with Crippen molar-refractivity contribution in [2.75, 3.05) is 13.2 Å². The van der Waals surface area contributed by atoms with Gasteiger partial charge in [-0.15, -0.1) is 0 Å². The van der Waals surface area contributed by atoms with Crippen LogP contribution in [-0.4, -0.2) is 24.0 Å². The van der Waals surface area contributed by atoms with E-state index < -0.39 is 28.8 Å². The predicted molar refractivity (Wildman–Crippen MR) is 71.4 cm³/mol. The molecule has 0 N–H and O–H groups in total. The quantitative estimate of drug-likeness (QED) is 0.451. The highest BCUT2D eigenvalue weighted by molar-refractivity contribution is 5.81. The molecule has 0 aliphatic rings. The Kier molecular flexibility index (Phi) is 5.21. The first-order chi connectivity index (χ1) is 9.45. The van der Waals surface area contributed by atoms with Crippen LogP contribution in [-0.2, 0) is 9.53 Å². The molecule has 106 valence electrons. The summed E-state index contributed by atoms with van der Waals surface area (Å²) < 4.78 is 4.90. The number of nitriles is 1. The molecule has 1 rings (SSSR count). The zero-order valence-electron chi connectivity index (χ0n) is 11.4. The Morgan fingerprint density at radius 2 is 2.10 bits per heavy atom. The van der Waals surface area contributed by atoms with Crippen LogP contribution >= 0.6 is 0 Å². The van der Waals surface area contributed by atoms with Gasteiger partial charge in [-0.05, 0) is 19.4 Å². The number of carbonyl (C=O) groups excluding carboxylic acids is 1. The van der Waals surface area contributed by atoms with Crippen LogP contribution in [0.5, 0.6) is 0 Å². The molecular formula is C14H16N2O4. The Labute approximate surface area is 117 Å². The van der Waals surface area contributed by atoms with Gasteiger partial charge in [0, 0.05) is 4.92 Å². The van der Waals surface area contributed by atoms with Gasteiger partial charge in [-0.1, -0.05) is 30.3 Å². The number of esters is 1. The lowest BCUT2D eigenvalue weighted by atomic mass is 9.74. The number of hydrogen-bond acceptors (Lipinski definition) is 5. The molecule has 1 aromatic rings. The maximum Gasteiger partial charge on any atom is 0.327 e. The maximum atomic E-state index is 12.0. The van der Waals surface area contributed by atoms with Crippen LogP contribution in [0.15, 0.2) is 30.3 Å². The van der Waals surface area contributed by atoms with Crippen LogP contribution in [0, 0.1) is 26.9 Å². The molecule has 0 aromatic heterocycles. The second-order valence-electron chi connectivity index (χ2n) is 4.51. The Morgan fingerprint density at radius 3 is 2.55 bits per heavy atom. The third-order valence-electron chi connectivity index (χ3n) is 3.16. The van der Waals surface area contributed by atoms with Gasteiger partial charge >= 0.3 is 5.97 Å². The summed E-state index contributed by atoms with van der Waals surface area (Å²) in [7, 11) is 0. The molecule has 20 heavy (non-hydrogen) atoms. The molecule has 0 spiro atoms. The van der Waals surface area contributed by atoms with E-state index in [9.17, 15) is 20.2 Å². The summed E-state index contributed by atoms with van der Waals surface area (Å²) in [6, 6.07) is 10.4. The van der Waals surface area contributed by atoms with Gasteiger partial charge < -0.3 is 4.74 Å². The van der Waals surface area contributed by atoms with Crippen molar-refractivity contribution >= 4 is 5.97 Å². The molecule has 0 aliphatic carbocycles. The van der Waals surface area contributed by atoms with Gasteiger partial charge in [0.05, 0.1) is 18.6 Å². The van der Waals surface area contributed by atoms with E-state index in [2.05, 4.69) is 0 Å². The normalized spacial score (nSPS) is 14.7. The lowest BCUT2D eigenvalue weighted by molar-refractivity contribution is -0.485. The summed E-state index contributed by atoms with van der Waals surface area (Å²) in [5, 5.41) is 20.2. The van der Waals surface area contributed by atoms with E-state index in [0.29, 0.717) is 5.56 Å². The summed E-state index contributed by atoms with van der Waals surface area (Å²) in [5.41, 5.74) is -1.02. The first-order valence-electron chi connectivity index (χ1n) is 6.21. The van der Waals surface area contributed by atoms with Gasteiger partial charge in [0.25, 0.3) is 0 Å². The van der Waals surface area contributed by atoms with Gasteiger partial charge in [-0.3, -0.25) is 14.9 Å². The molecule has 6 heteroatoms. The summed E-state index contributed by atoms with van der Waals surface area (Å²) in [4.78, 5) is 22.4.